The Balaban J connectivity index is 2.11. The highest BCUT2D eigenvalue weighted by molar-refractivity contribution is 5.98. The quantitative estimate of drug-likeness (QED) is 0.715. The summed E-state index contributed by atoms with van der Waals surface area (Å²) in [6.45, 7) is 0.634. The maximum Gasteiger partial charge on any atom is 0.250 e. The molecule has 1 aromatic heterocycles. The van der Waals surface area contributed by atoms with Gasteiger partial charge in [-0.1, -0.05) is 0 Å². The number of methoxy groups -OCH3 is 1. The minimum atomic E-state index is -0.522. The molecule has 0 saturated heterocycles. The summed E-state index contributed by atoms with van der Waals surface area (Å²) in [4.78, 5) is 15.3. The average molecular weight is 250 g/mol. The van der Waals surface area contributed by atoms with Crippen molar-refractivity contribution in [1.29, 1.82) is 0 Å². The zero-order valence-electron chi connectivity index (χ0n) is 10.4. The second-order valence-corrected chi connectivity index (χ2v) is 4.61. The van der Waals surface area contributed by atoms with Crippen LogP contribution in [0.15, 0.2) is 12.3 Å². The molecule has 98 valence electrons. The van der Waals surface area contributed by atoms with Crippen LogP contribution in [0.25, 0.3) is 0 Å². The Morgan fingerprint density at radius 3 is 2.83 bits per heavy atom. The first-order valence-corrected chi connectivity index (χ1v) is 5.91. The minimum absolute atomic E-state index is 0.129. The molecule has 0 unspecified atom stereocenters. The average Bonchev–Trinajstić information content (AvgIpc) is 2.29. The predicted octanol–water partition coefficient (Wildman–Crippen LogP) is 0.744. The Hall–Kier alpha value is -1.82. The van der Waals surface area contributed by atoms with E-state index in [1.807, 2.05) is 0 Å². The van der Waals surface area contributed by atoms with Crippen LogP contribution in [0.2, 0.25) is 0 Å². The Morgan fingerprint density at radius 1 is 1.61 bits per heavy atom. The molecule has 1 aliphatic carbocycles. The van der Waals surface area contributed by atoms with Crippen LogP contribution < -0.4 is 16.8 Å². The first-order chi connectivity index (χ1) is 8.56. The van der Waals surface area contributed by atoms with Gasteiger partial charge >= 0.3 is 0 Å². The summed E-state index contributed by atoms with van der Waals surface area (Å²) in [5.41, 5.74) is 11.7. The minimum Gasteiger partial charge on any atom is -0.384 e. The van der Waals surface area contributed by atoms with Crippen molar-refractivity contribution < 1.29 is 9.53 Å². The molecule has 0 radical (unpaired) electrons. The van der Waals surface area contributed by atoms with Gasteiger partial charge in [0.15, 0.2) is 0 Å². The lowest BCUT2D eigenvalue weighted by molar-refractivity contribution is -0.0601. The molecule has 1 heterocycles. The molecule has 2 rings (SSSR count). The Morgan fingerprint density at radius 2 is 2.33 bits per heavy atom. The summed E-state index contributed by atoms with van der Waals surface area (Å²) in [5, 5.41) is 3.17. The summed E-state index contributed by atoms with van der Waals surface area (Å²) < 4.78 is 5.50. The van der Waals surface area contributed by atoms with Crippen molar-refractivity contribution >= 4 is 17.4 Å². The summed E-state index contributed by atoms with van der Waals surface area (Å²) in [6.07, 6.45) is 4.73. The SMILES string of the molecule is COC1(CNc2cnc(N)cc2C(N)=O)CCC1. The van der Waals surface area contributed by atoms with E-state index in [4.69, 9.17) is 16.2 Å². The number of primary amides is 1. The number of hydrogen-bond acceptors (Lipinski definition) is 5. The molecule has 1 amide bonds. The third-order valence-electron chi connectivity index (χ3n) is 3.49. The number of nitrogen functional groups attached to an aromatic ring is 1. The van der Waals surface area contributed by atoms with E-state index in [1.165, 1.54) is 12.3 Å². The molecule has 0 aromatic carbocycles. The van der Waals surface area contributed by atoms with Crippen molar-refractivity contribution in [2.45, 2.75) is 24.9 Å². The van der Waals surface area contributed by atoms with Gasteiger partial charge in [0.05, 0.1) is 23.0 Å². The van der Waals surface area contributed by atoms with Crippen molar-refractivity contribution in [3.8, 4) is 0 Å². The number of hydrogen-bond donors (Lipinski definition) is 3. The van der Waals surface area contributed by atoms with Crippen LogP contribution in [-0.2, 0) is 4.74 Å². The Labute approximate surface area is 106 Å². The summed E-state index contributed by atoms with van der Waals surface area (Å²) in [6, 6.07) is 1.48. The molecule has 6 nitrogen and oxygen atoms in total. The number of carbonyl (C=O) groups excluding carboxylic acids is 1. The molecular formula is C12H18N4O2. The van der Waals surface area contributed by atoms with Crippen LogP contribution in [0.4, 0.5) is 11.5 Å². The Bertz CT molecular complexity index is 452. The maximum atomic E-state index is 11.3. The summed E-state index contributed by atoms with van der Waals surface area (Å²) in [5.74, 6) is -0.244. The number of nitrogens with two attached hydrogens (primary N) is 2. The number of ether oxygens (including phenoxy) is 1. The van der Waals surface area contributed by atoms with Gasteiger partial charge in [-0.25, -0.2) is 4.98 Å². The molecule has 5 N–H and O–H groups in total. The Kier molecular flexibility index (Phi) is 3.38. The molecule has 0 aliphatic heterocycles. The topological polar surface area (TPSA) is 103 Å². The standard InChI is InChI=1S/C12H18N4O2/c1-18-12(3-2-4-12)7-16-9-6-15-10(13)5-8(9)11(14)17/h5-6,16H,2-4,7H2,1H3,(H2,13,15)(H2,14,17). The molecule has 0 bridgehead atoms. The highest BCUT2D eigenvalue weighted by Gasteiger charge is 2.36. The van der Waals surface area contributed by atoms with Gasteiger partial charge in [0.2, 0.25) is 0 Å². The molecule has 18 heavy (non-hydrogen) atoms. The third-order valence-corrected chi connectivity index (χ3v) is 3.49. The van der Waals surface area contributed by atoms with Gasteiger partial charge in [0, 0.05) is 13.7 Å². The van der Waals surface area contributed by atoms with Crippen LogP contribution in [0.5, 0.6) is 0 Å². The normalized spacial score (nSPS) is 16.9. The number of pyridine rings is 1. The van der Waals surface area contributed by atoms with Gasteiger partial charge in [0.25, 0.3) is 5.91 Å². The lowest BCUT2D eigenvalue weighted by Crippen LogP contribution is -2.45. The van der Waals surface area contributed by atoms with E-state index >= 15 is 0 Å². The maximum absolute atomic E-state index is 11.3. The van der Waals surface area contributed by atoms with Crippen LogP contribution in [-0.4, -0.2) is 30.1 Å². The van der Waals surface area contributed by atoms with Crippen molar-refractivity contribution in [3.05, 3.63) is 17.8 Å². The smallest absolute Gasteiger partial charge is 0.250 e. The number of nitrogens with zero attached hydrogens (tertiary/aromatic N) is 1. The summed E-state index contributed by atoms with van der Waals surface area (Å²) >= 11 is 0. The van der Waals surface area contributed by atoms with Gasteiger partial charge in [-0.3, -0.25) is 4.79 Å². The highest BCUT2D eigenvalue weighted by Crippen LogP contribution is 2.35. The van der Waals surface area contributed by atoms with Gasteiger partial charge in [0.1, 0.15) is 5.82 Å². The van der Waals surface area contributed by atoms with E-state index in [0.717, 1.165) is 19.3 Å². The zero-order chi connectivity index (χ0) is 13.2. The van der Waals surface area contributed by atoms with Crippen LogP contribution in [0.1, 0.15) is 29.6 Å². The largest absolute Gasteiger partial charge is 0.384 e. The lowest BCUT2D eigenvalue weighted by atomic mass is 9.80. The zero-order valence-corrected chi connectivity index (χ0v) is 10.4. The molecule has 1 fully saturated rings. The van der Waals surface area contributed by atoms with Crippen LogP contribution >= 0.6 is 0 Å². The van der Waals surface area contributed by atoms with Crippen molar-refractivity contribution in [3.63, 3.8) is 0 Å². The number of nitrogens with one attached hydrogen (secondary N) is 1. The highest BCUT2D eigenvalue weighted by atomic mass is 16.5. The fourth-order valence-electron chi connectivity index (χ4n) is 2.10. The van der Waals surface area contributed by atoms with E-state index in [1.54, 1.807) is 7.11 Å². The fraction of sp³-hybridized carbons (Fsp3) is 0.500. The van der Waals surface area contributed by atoms with Crippen molar-refractivity contribution in [2.24, 2.45) is 5.73 Å². The molecule has 1 saturated carbocycles. The van der Waals surface area contributed by atoms with Gasteiger partial charge < -0.3 is 21.5 Å². The monoisotopic (exact) mass is 250 g/mol. The van der Waals surface area contributed by atoms with Gasteiger partial charge in [-0.15, -0.1) is 0 Å². The number of rotatable bonds is 5. The van der Waals surface area contributed by atoms with Crippen molar-refractivity contribution in [1.82, 2.24) is 4.98 Å². The lowest BCUT2D eigenvalue weighted by Gasteiger charge is -2.40. The number of anilines is 2. The van der Waals surface area contributed by atoms with E-state index in [0.29, 0.717) is 17.8 Å². The van der Waals surface area contributed by atoms with Gasteiger partial charge in [-0.05, 0) is 25.3 Å². The van der Waals surface area contributed by atoms with E-state index in [9.17, 15) is 4.79 Å². The second-order valence-electron chi connectivity index (χ2n) is 4.61. The number of carbonyl (C=O) groups is 1. The molecule has 6 heteroatoms. The first-order valence-electron chi connectivity index (χ1n) is 5.91. The molecule has 1 aromatic rings. The number of aromatic nitrogens is 1. The van der Waals surface area contributed by atoms with E-state index < -0.39 is 5.91 Å². The third kappa shape index (κ3) is 2.38. The molecule has 0 spiro atoms. The second kappa shape index (κ2) is 4.81. The van der Waals surface area contributed by atoms with Crippen molar-refractivity contribution in [2.75, 3.05) is 24.7 Å². The van der Waals surface area contributed by atoms with E-state index in [-0.39, 0.29) is 11.4 Å². The van der Waals surface area contributed by atoms with E-state index in [2.05, 4.69) is 10.3 Å². The number of amides is 1. The first kappa shape index (κ1) is 12.6. The van der Waals surface area contributed by atoms with Crippen LogP contribution in [0, 0.1) is 0 Å². The van der Waals surface area contributed by atoms with Gasteiger partial charge in [-0.2, -0.15) is 0 Å². The fourth-order valence-corrected chi connectivity index (χ4v) is 2.10. The summed E-state index contributed by atoms with van der Waals surface area (Å²) in [7, 11) is 1.71. The molecule has 0 atom stereocenters. The van der Waals surface area contributed by atoms with Crippen LogP contribution in [0.3, 0.4) is 0 Å². The predicted molar refractivity (Wildman–Crippen MR) is 69.2 cm³/mol. The molecular weight excluding hydrogens is 232 g/mol. The molecule has 1 aliphatic rings.